The number of imidazole rings is 1. The Labute approximate surface area is 117 Å². The van der Waals surface area contributed by atoms with Gasteiger partial charge in [0.1, 0.15) is 0 Å². The lowest BCUT2D eigenvalue weighted by molar-refractivity contribution is -0.388. The monoisotopic (exact) mass is 284 g/mol. The lowest BCUT2D eigenvalue weighted by atomic mass is 10.2. The number of aliphatic carboxylic acids is 1. The summed E-state index contributed by atoms with van der Waals surface area (Å²) in [4.78, 5) is 27.0. The number of hydrogen-bond donors (Lipinski definition) is 1. The summed E-state index contributed by atoms with van der Waals surface area (Å²) in [5, 5.41) is 19.8. The lowest BCUT2D eigenvalue weighted by Crippen LogP contribution is -2.34. The maximum absolute atomic E-state index is 11.1. The van der Waals surface area contributed by atoms with Gasteiger partial charge >= 0.3 is 11.8 Å². The van der Waals surface area contributed by atoms with E-state index in [0.29, 0.717) is 24.6 Å². The van der Waals surface area contributed by atoms with Crippen molar-refractivity contribution >= 4 is 17.6 Å². The van der Waals surface area contributed by atoms with Crippen molar-refractivity contribution in [2.75, 3.05) is 11.4 Å². The van der Waals surface area contributed by atoms with Crippen molar-refractivity contribution < 1.29 is 14.8 Å². The zero-order valence-corrected chi connectivity index (χ0v) is 12.2. The largest absolute Gasteiger partial charge is 0.481 e. The van der Waals surface area contributed by atoms with Gasteiger partial charge in [0.25, 0.3) is 0 Å². The number of carboxylic acid groups (broad SMARTS) is 1. The van der Waals surface area contributed by atoms with E-state index in [9.17, 15) is 14.9 Å². The van der Waals surface area contributed by atoms with Crippen LogP contribution in [0.25, 0.3) is 0 Å². The summed E-state index contributed by atoms with van der Waals surface area (Å²) in [6.45, 7) is 5.95. The molecule has 0 aliphatic heterocycles. The third kappa shape index (κ3) is 3.46. The van der Waals surface area contributed by atoms with Crippen LogP contribution in [-0.4, -0.2) is 38.1 Å². The van der Waals surface area contributed by atoms with Gasteiger partial charge in [0.2, 0.25) is 11.6 Å². The maximum Gasteiger partial charge on any atom is 0.406 e. The van der Waals surface area contributed by atoms with Crippen LogP contribution in [0.15, 0.2) is 0 Å². The molecule has 20 heavy (non-hydrogen) atoms. The Morgan fingerprint density at radius 1 is 1.55 bits per heavy atom. The van der Waals surface area contributed by atoms with Gasteiger partial charge in [-0.15, -0.1) is 0 Å². The van der Waals surface area contributed by atoms with Gasteiger partial charge < -0.3 is 20.1 Å². The van der Waals surface area contributed by atoms with Gasteiger partial charge in [-0.25, -0.2) is 0 Å². The molecule has 0 aliphatic carbocycles. The second-order valence-electron chi connectivity index (χ2n) is 4.91. The Hall–Kier alpha value is -2.12. The third-order valence-corrected chi connectivity index (χ3v) is 3.13. The molecule has 0 atom stereocenters. The van der Waals surface area contributed by atoms with Crippen molar-refractivity contribution in [1.82, 2.24) is 9.55 Å². The second kappa shape index (κ2) is 6.36. The molecule has 1 aromatic rings. The molecule has 0 spiro atoms. The van der Waals surface area contributed by atoms with Crippen LogP contribution in [0.1, 0.15) is 32.5 Å². The second-order valence-corrected chi connectivity index (χ2v) is 4.91. The molecule has 112 valence electrons. The van der Waals surface area contributed by atoms with Crippen molar-refractivity contribution in [1.29, 1.82) is 0 Å². The average Bonchev–Trinajstić information content (AvgIpc) is 2.61. The summed E-state index contributed by atoms with van der Waals surface area (Å²) in [6, 6.07) is 0.0114. The summed E-state index contributed by atoms with van der Waals surface area (Å²) in [7, 11) is 1.72. The molecule has 1 N–H and O–H groups in total. The molecular weight excluding hydrogens is 264 g/mol. The first-order chi connectivity index (χ1) is 9.25. The van der Waals surface area contributed by atoms with Crippen LogP contribution in [0.4, 0.5) is 11.6 Å². The molecular formula is C12H20N4O4. The minimum atomic E-state index is -0.871. The quantitative estimate of drug-likeness (QED) is 0.604. The van der Waals surface area contributed by atoms with Crippen LogP contribution in [0.5, 0.6) is 0 Å². The van der Waals surface area contributed by atoms with E-state index in [2.05, 4.69) is 4.98 Å². The minimum absolute atomic E-state index is 0.0114. The van der Waals surface area contributed by atoms with Gasteiger partial charge in [-0.1, -0.05) is 0 Å². The predicted molar refractivity (Wildman–Crippen MR) is 74.0 cm³/mol. The van der Waals surface area contributed by atoms with Gasteiger partial charge in [-0.2, -0.15) is 0 Å². The zero-order valence-electron chi connectivity index (χ0n) is 12.2. The summed E-state index contributed by atoms with van der Waals surface area (Å²) in [6.07, 6.45) is 0.461. The van der Waals surface area contributed by atoms with Crippen LogP contribution in [0, 0.1) is 17.0 Å². The van der Waals surface area contributed by atoms with E-state index < -0.39 is 10.9 Å². The molecule has 0 radical (unpaired) electrons. The molecule has 0 fully saturated rings. The standard InChI is InChI=1S/C12H20N4O4/c1-8(2)15(7-5-6-10(17)18)12-11(16(19)20)13-9(3)14(12)4/h8H,5-7H2,1-4H3,(H,17,18). The molecule has 1 heterocycles. The van der Waals surface area contributed by atoms with Gasteiger partial charge in [0.15, 0.2) is 0 Å². The zero-order chi connectivity index (χ0) is 15.4. The van der Waals surface area contributed by atoms with Crippen LogP contribution in [0.2, 0.25) is 0 Å². The molecule has 0 saturated carbocycles. The Balaban J connectivity index is 3.08. The van der Waals surface area contributed by atoms with E-state index in [-0.39, 0.29) is 18.3 Å². The first-order valence-corrected chi connectivity index (χ1v) is 6.41. The Bertz CT molecular complexity index is 510. The molecule has 0 saturated heterocycles. The van der Waals surface area contributed by atoms with Crippen LogP contribution in [0.3, 0.4) is 0 Å². The normalized spacial score (nSPS) is 10.8. The Morgan fingerprint density at radius 3 is 2.60 bits per heavy atom. The Morgan fingerprint density at radius 2 is 2.15 bits per heavy atom. The smallest absolute Gasteiger partial charge is 0.406 e. The van der Waals surface area contributed by atoms with E-state index in [1.165, 1.54) is 0 Å². The number of rotatable bonds is 7. The average molecular weight is 284 g/mol. The van der Waals surface area contributed by atoms with Crippen molar-refractivity contribution in [3.63, 3.8) is 0 Å². The SMILES string of the molecule is Cc1nc([N+](=O)[O-])c(N(CCCC(=O)O)C(C)C)n1C. The molecule has 0 aliphatic rings. The number of carbonyl (C=O) groups is 1. The first-order valence-electron chi connectivity index (χ1n) is 6.41. The number of nitro groups is 1. The highest BCUT2D eigenvalue weighted by molar-refractivity contribution is 5.66. The van der Waals surface area contributed by atoms with E-state index in [4.69, 9.17) is 5.11 Å². The fraction of sp³-hybridized carbons (Fsp3) is 0.667. The van der Waals surface area contributed by atoms with Gasteiger partial charge in [-0.3, -0.25) is 9.36 Å². The highest BCUT2D eigenvalue weighted by Gasteiger charge is 2.29. The number of anilines is 1. The number of hydrogen-bond acceptors (Lipinski definition) is 5. The number of carboxylic acids is 1. The molecule has 0 bridgehead atoms. The minimum Gasteiger partial charge on any atom is -0.481 e. The topological polar surface area (TPSA) is 102 Å². The molecule has 0 unspecified atom stereocenters. The van der Waals surface area contributed by atoms with E-state index in [1.54, 1.807) is 18.5 Å². The number of nitrogens with zero attached hydrogens (tertiary/aromatic N) is 4. The fourth-order valence-electron chi connectivity index (χ4n) is 2.03. The maximum atomic E-state index is 11.1. The molecule has 1 aromatic heterocycles. The third-order valence-electron chi connectivity index (χ3n) is 3.13. The van der Waals surface area contributed by atoms with E-state index in [0.717, 1.165) is 0 Å². The fourth-order valence-corrected chi connectivity index (χ4v) is 2.03. The molecule has 1 rings (SSSR count). The van der Waals surface area contributed by atoms with Crippen molar-refractivity contribution in [2.45, 2.75) is 39.7 Å². The van der Waals surface area contributed by atoms with Crippen LogP contribution in [-0.2, 0) is 11.8 Å². The first kappa shape index (κ1) is 15.9. The van der Waals surface area contributed by atoms with Gasteiger partial charge in [0, 0.05) is 33.0 Å². The molecule has 0 aromatic carbocycles. The Kier molecular flexibility index (Phi) is 5.06. The summed E-state index contributed by atoms with van der Waals surface area (Å²) in [5.74, 6) is -0.0816. The summed E-state index contributed by atoms with van der Waals surface area (Å²) in [5.41, 5.74) is 0. The van der Waals surface area contributed by atoms with E-state index >= 15 is 0 Å². The van der Waals surface area contributed by atoms with Gasteiger partial charge in [-0.05, 0) is 30.2 Å². The summed E-state index contributed by atoms with van der Waals surface area (Å²) < 4.78 is 1.67. The van der Waals surface area contributed by atoms with Crippen molar-refractivity contribution in [3.05, 3.63) is 15.9 Å². The molecule has 8 heteroatoms. The van der Waals surface area contributed by atoms with Crippen molar-refractivity contribution in [2.24, 2.45) is 7.05 Å². The lowest BCUT2D eigenvalue weighted by Gasteiger charge is -2.27. The molecule has 0 amide bonds. The highest BCUT2D eigenvalue weighted by Crippen LogP contribution is 2.29. The number of aromatic nitrogens is 2. The van der Waals surface area contributed by atoms with E-state index in [1.807, 2.05) is 18.7 Å². The molecule has 8 nitrogen and oxygen atoms in total. The van der Waals surface area contributed by atoms with Crippen LogP contribution >= 0.6 is 0 Å². The van der Waals surface area contributed by atoms with Gasteiger partial charge in [0.05, 0.1) is 0 Å². The van der Waals surface area contributed by atoms with Crippen LogP contribution < -0.4 is 4.90 Å². The predicted octanol–water partition coefficient (Wildman–Crippen LogP) is 1.72. The number of aryl methyl sites for hydroxylation is 1. The highest BCUT2D eigenvalue weighted by atomic mass is 16.6. The summed E-state index contributed by atoms with van der Waals surface area (Å²) >= 11 is 0. The van der Waals surface area contributed by atoms with Crippen molar-refractivity contribution in [3.8, 4) is 0 Å².